The van der Waals surface area contributed by atoms with Crippen LogP contribution in [-0.2, 0) is 16.1 Å². The number of fused-ring (bicyclic) bond motifs is 3. The number of amides is 2. The van der Waals surface area contributed by atoms with E-state index in [0.29, 0.717) is 43.2 Å². The van der Waals surface area contributed by atoms with Gasteiger partial charge in [-0.25, -0.2) is 0 Å². The van der Waals surface area contributed by atoms with E-state index >= 15 is 0 Å². The second kappa shape index (κ2) is 11.5. The molecular weight excluding hydrogens is 466 g/mol. The molecule has 2 atom stereocenters. The molecule has 2 unspecified atom stereocenters. The SMILES string of the molecule is COc1cccc(OCC(=O)N2Cc3ccccc3N(C(C)=O)CCC3CCCC(C2)N3CC2CC2)c1. The Balaban J connectivity index is 1.43. The average molecular weight is 506 g/mol. The van der Waals surface area contributed by atoms with Gasteiger partial charge in [0.05, 0.1) is 7.11 Å². The van der Waals surface area contributed by atoms with Crippen LogP contribution in [0.2, 0.25) is 0 Å². The van der Waals surface area contributed by atoms with Crippen LogP contribution in [0.15, 0.2) is 48.5 Å². The number of carbonyl (C=O) groups excluding carboxylic acids is 2. The molecule has 2 aromatic rings. The van der Waals surface area contributed by atoms with Crippen LogP contribution in [0.5, 0.6) is 11.5 Å². The van der Waals surface area contributed by atoms with E-state index in [4.69, 9.17) is 9.47 Å². The highest BCUT2D eigenvalue weighted by atomic mass is 16.5. The molecule has 1 saturated heterocycles. The molecule has 2 aliphatic heterocycles. The third kappa shape index (κ3) is 6.27. The van der Waals surface area contributed by atoms with E-state index in [1.807, 2.05) is 52.3 Å². The number of benzene rings is 2. The molecule has 2 bridgehead atoms. The van der Waals surface area contributed by atoms with Crippen molar-refractivity contribution in [3.63, 3.8) is 0 Å². The van der Waals surface area contributed by atoms with Crippen LogP contribution in [0.1, 0.15) is 51.0 Å². The predicted molar refractivity (Wildman–Crippen MR) is 144 cm³/mol. The zero-order valence-corrected chi connectivity index (χ0v) is 22.1. The molecule has 2 amide bonds. The summed E-state index contributed by atoms with van der Waals surface area (Å²) in [7, 11) is 1.62. The molecule has 2 heterocycles. The molecule has 0 N–H and O–H groups in total. The van der Waals surface area contributed by atoms with Gasteiger partial charge in [0.25, 0.3) is 5.91 Å². The lowest BCUT2D eigenvalue weighted by Crippen LogP contribution is -2.53. The zero-order chi connectivity index (χ0) is 25.8. The van der Waals surface area contributed by atoms with Crippen molar-refractivity contribution in [3.8, 4) is 11.5 Å². The number of rotatable bonds is 6. The number of ether oxygens (including phenoxy) is 2. The van der Waals surface area contributed by atoms with Crippen molar-refractivity contribution in [2.45, 2.75) is 64.1 Å². The predicted octanol–water partition coefficient (Wildman–Crippen LogP) is 4.49. The minimum Gasteiger partial charge on any atom is -0.497 e. The lowest BCUT2D eigenvalue weighted by molar-refractivity contribution is -0.135. The Labute approximate surface area is 220 Å². The molecule has 7 nitrogen and oxygen atoms in total. The number of hydrogen-bond donors (Lipinski definition) is 0. The van der Waals surface area contributed by atoms with Crippen LogP contribution in [-0.4, -0.2) is 67.0 Å². The maximum atomic E-state index is 13.7. The van der Waals surface area contributed by atoms with Gasteiger partial charge in [-0.2, -0.15) is 0 Å². The minimum absolute atomic E-state index is 0.0372. The molecule has 1 aliphatic carbocycles. The standard InChI is InChI=1S/C30H39N3O4/c1-22(34)32-16-15-25-8-5-9-26(33(25)18-23-13-14-23)20-31(19-24-7-3-4-12-29(24)32)30(35)21-37-28-11-6-10-27(17-28)36-2/h3-4,6-7,10-12,17,23,25-26H,5,8-9,13-16,18-21H2,1-2H3. The van der Waals surface area contributed by atoms with E-state index in [-0.39, 0.29) is 18.4 Å². The average Bonchev–Trinajstić information content (AvgIpc) is 3.73. The van der Waals surface area contributed by atoms with Gasteiger partial charge in [0.1, 0.15) is 11.5 Å². The first kappa shape index (κ1) is 25.6. The maximum absolute atomic E-state index is 13.7. The Kier molecular flexibility index (Phi) is 7.99. The zero-order valence-electron chi connectivity index (χ0n) is 22.1. The van der Waals surface area contributed by atoms with Gasteiger partial charge in [0.2, 0.25) is 5.91 Å². The number of methoxy groups -OCH3 is 1. The minimum atomic E-state index is -0.0419. The van der Waals surface area contributed by atoms with Crippen molar-refractivity contribution in [1.29, 1.82) is 0 Å². The van der Waals surface area contributed by atoms with E-state index in [9.17, 15) is 9.59 Å². The lowest BCUT2D eigenvalue weighted by Gasteiger charge is -2.44. The summed E-state index contributed by atoms with van der Waals surface area (Å²) in [6.07, 6.45) is 6.98. The molecule has 7 heteroatoms. The van der Waals surface area contributed by atoms with Crippen LogP contribution < -0.4 is 14.4 Å². The third-order valence-corrected chi connectivity index (χ3v) is 8.08. The molecule has 37 heavy (non-hydrogen) atoms. The summed E-state index contributed by atoms with van der Waals surface area (Å²) in [6, 6.07) is 16.1. The number of carbonyl (C=O) groups is 2. The summed E-state index contributed by atoms with van der Waals surface area (Å²) in [5, 5.41) is 0. The van der Waals surface area contributed by atoms with Crippen molar-refractivity contribution in [3.05, 3.63) is 54.1 Å². The van der Waals surface area contributed by atoms with Crippen LogP contribution >= 0.6 is 0 Å². The molecule has 5 rings (SSSR count). The van der Waals surface area contributed by atoms with E-state index < -0.39 is 0 Å². The van der Waals surface area contributed by atoms with Crippen LogP contribution in [0, 0.1) is 5.92 Å². The molecule has 2 aromatic carbocycles. The van der Waals surface area contributed by atoms with Gasteiger partial charge in [-0.3, -0.25) is 14.5 Å². The number of anilines is 1. The molecule has 0 radical (unpaired) electrons. The smallest absolute Gasteiger partial charge is 0.260 e. The summed E-state index contributed by atoms with van der Waals surface area (Å²) < 4.78 is 11.2. The number of piperidine rings is 1. The van der Waals surface area contributed by atoms with Crippen molar-refractivity contribution in [2.75, 3.05) is 38.3 Å². The van der Waals surface area contributed by atoms with E-state index in [1.165, 1.54) is 12.8 Å². The maximum Gasteiger partial charge on any atom is 0.260 e. The fourth-order valence-corrected chi connectivity index (χ4v) is 5.90. The highest BCUT2D eigenvalue weighted by Crippen LogP contribution is 2.36. The highest BCUT2D eigenvalue weighted by molar-refractivity contribution is 5.92. The third-order valence-electron chi connectivity index (χ3n) is 8.08. The summed E-state index contributed by atoms with van der Waals surface area (Å²) in [5.74, 6) is 2.09. The van der Waals surface area contributed by atoms with E-state index in [1.54, 1.807) is 20.1 Å². The normalized spacial score (nSPS) is 22.5. The van der Waals surface area contributed by atoms with Crippen LogP contribution in [0.3, 0.4) is 0 Å². The molecule has 3 aliphatic rings. The fraction of sp³-hybridized carbons (Fsp3) is 0.533. The Hall–Kier alpha value is -3.06. The number of para-hydroxylation sites is 1. The van der Waals surface area contributed by atoms with Crippen LogP contribution in [0.4, 0.5) is 5.69 Å². The summed E-state index contributed by atoms with van der Waals surface area (Å²) in [5.41, 5.74) is 1.91. The van der Waals surface area contributed by atoms with Crippen molar-refractivity contribution in [2.24, 2.45) is 5.92 Å². The first-order chi connectivity index (χ1) is 18.0. The highest BCUT2D eigenvalue weighted by Gasteiger charge is 2.37. The van der Waals surface area contributed by atoms with Gasteiger partial charge in [0.15, 0.2) is 6.61 Å². The fourth-order valence-electron chi connectivity index (χ4n) is 5.90. The number of nitrogens with zero attached hydrogens (tertiary/aromatic N) is 3. The quantitative estimate of drug-likeness (QED) is 0.579. The van der Waals surface area contributed by atoms with Gasteiger partial charge >= 0.3 is 0 Å². The summed E-state index contributed by atoms with van der Waals surface area (Å²) in [4.78, 5) is 33.0. The molecule has 198 valence electrons. The number of hydrogen-bond acceptors (Lipinski definition) is 5. The summed E-state index contributed by atoms with van der Waals surface area (Å²) in [6.45, 7) is 4.55. The molecule has 2 fully saturated rings. The molecule has 0 aromatic heterocycles. The Bertz CT molecular complexity index is 1100. The lowest BCUT2D eigenvalue weighted by atomic mass is 9.92. The monoisotopic (exact) mass is 505 g/mol. The van der Waals surface area contributed by atoms with Crippen molar-refractivity contribution >= 4 is 17.5 Å². The van der Waals surface area contributed by atoms with E-state index in [2.05, 4.69) is 4.90 Å². The van der Waals surface area contributed by atoms with Crippen LogP contribution in [0.25, 0.3) is 0 Å². The Morgan fingerprint density at radius 1 is 0.946 bits per heavy atom. The van der Waals surface area contributed by atoms with Crippen molar-refractivity contribution in [1.82, 2.24) is 9.80 Å². The topological polar surface area (TPSA) is 62.3 Å². The molecule has 1 saturated carbocycles. The van der Waals surface area contributed by atoms with Gasteiger partial charge in [-0.05, 0) is 61.8 Å². The van der Waals surface area contributed by atoms with Gasteiger partial charge in [-0.1, -0.05) is 30.7 Å². The first-order valence-electron chi connectivity index (χ1n) is 13.7. The molecular formula is C30H39N3O4. The van der Waals surface area contributed by atoms with Crippen molar-refractivity contribution < 1.29 is 19.1 Å². The van der Waals surface area contributed by atoms with Gasteiger partial charge in [0, 0.05) is 56.9 Å². The largest absolute Gasteiger partial charge is 0.497 e. The Morgan fingerprint density at radius 3 is 2.51 bits per heavy atom. The second-order valence-corrected chi connectivity index (χ2v) is 10.7. The summed E-state index contributed by atoms with van der Waals surface area (Å²) >= 11 is 0. The van der Waals surface area contributed by atoms with Gasteiger partial charge in [-0.15, -0.1) is 0 Å². The van der Waals surface area contributed by atoms with Gasteiger partial charge < -0.3 is 19.3 Å². The first-order valence-corrected chi connectivity index (χ1v) is 13.7. The second-order valence-electron chi connectivity index (χ2n) is 10.7. The Morgan fingerprint density at radius 2 is 1.73 bits per heavy atom. The van der Waals surface area contributed by atoms with E-state index in [0.717, 1.165) is 49.4 Å². The molecule has 0 spiro atoms.